The van der Waals surface area contributed by atoms with Crippen LogP contribution in [0.25, 0.3) is 82.9 Å². The van der Waals surface area contributed by atoms with Gasteiger partial charge >= 0.3 is 0 Å². The molecular weight excluding hydrogens is 502 g/mol. The maximum atomic E-state index is 6.58. The molecule has 0 saturated carbocycles. The molecule has 41 heavy (non-hydrogen) atoms. The van der Waals surface area contributed by atoms with E-state index in [4.69, 9.17) is 8.83 Å². The quantitative estimate of drug-likeness (QED) is 0.230. The van der Waals surface area contributed by atoms with Crippen molar-refractivity contribution in [3.63, 3.8) is 0 Å². The van der Waals surface area contributed by atoms with Gasteiger partial charge < -0.3 is 13.4 Å². The van der Waals surface area contributed by atoms with Gasteiger partial charge in [-0.25, -0.2) is 0 Å². The van der Waals surface area contributed by atoms with Crippen LogP contribution in [0.3, 0.4) is 0 Å². The fourth-order valence-electron chi connectivity index (χ4n) is 6.35. The molecule has 3 heterocycles. The van der Waals surface area contributed by atoms with Crippen LogP contribution in [0.5, 0.6) is 0 Å². The maximum absolute atomic E-state index is 6.58. The largest absolute Gasteiger partial charge is 0.456 e. The number of aromatic nitrogens is 1. The van der Waals surface area contributed by atoms with E-state index in [1.807, 2.05) is 6.07 Å². The van der Waals surface area contributed by atoms with Crippen LogP contribution < -0.4 is 0 Å². The van der Waals surface area contributed by atoms with Gasteiger partial charge in [0.1, 0.15) is 22.3 Å². The molecule has 6 aromatic carbocycles. The molecule has 0 saturated heterocycles. The van der Waals surface area contributed by atoms with E-state index in [0.717, 1.165) is 77.3 Å². The Kier molecular flexibility index (Phi) is 4.61. The van der Waals surface area contributed by atoms with E-state index in [9.17, 15) is 0 Å². The van der Waals surface area contributed by atoms with Crippen LogP contribution >= 0.6 is 0 Å². The molecule has 0 amide bonds. The Bertz CT molecular complexity index is 2410. The van der Waals surface area contributed by atoms with Crippen molar-refractivity contribution >= 4 is 54.9 Å². The van der Waals surface area contributed by atoms with E-state index >= 15 is 0 Å². The van der Waals surface area contributed by atoms with Crippen molar-refractivity contribution in [2.24, 2.45) is 0 Å². The summed E-state index contributed by atoms with van der Waals surface area (Å²) in [4.78, 5) is 0. The fourth-order valence-corrected chi connectivity index (χ4v) is 6.35. The Balaban J connectivity index is 1.29. The highest BCUT2D eigenvalue weighted by Crippen LogP contribution is 2.43. The Hall–Kier alpha value is -5.54. The summed E-state index contributed by atoms with van der Waals surface area (Å²) in [7, 11) is 0. The van der Waals surface area contributed by atoms with Crippen molar-refractivity contribution in [3.8, 4) is 27.9 Å². The second kappa shape index (κ2) is 8.48. The smallest absolute Gasteiger partial charge is 0.161 e. The van der Waals surface area contributed by atoms with Crippen molar-refractivity contribution < 1.29 is 8.83 Å². The van der Waals surface area contributed by atoms with Gasteiger partial charge in [-0.1, -0.05) is 84.9 Å². The van der Waals surface area contributed by atoms with E-state index < -0.39 is 0 Å². The maximum Gasteiger partial charge on any atom is 0.161 e. The molecule has 0 N–H and O–H groups in total. The van der Waals surface area contributed by atoms with Crippen LogP contribution in [0.1, 0.15) is 0 Å². The lowest BCUT2D eigenvalue weighted by molar-refractivity contribution is 0.669. The van der Waals surface area contributed by atoms with E-state index in [2.05, 4.69) is 138 Å². The molecule has 192 valence electrons. The molecule has 3 nitrogen and oxygen atoms in total. The zero-order valence-corrected chi connectivity index (χ0v) is 22.0. The normalized spacial score (nSPS) is 11.9. The zero-order chi connectivity index (χ0) is 26.9. The van der Waals surface area contributed by atoms with E-state index in [-0.39, 0.29) is 0 Å². The topological polar surface area (TPSA) is 31.2 Å². The minimum Gasteiger partial charge on any atom is -0.456 e. The van der Waals surface area contributed by atoms with Gasteiger partial charge in [-0.2, -0.15) is 0 Å². The molecule has 0 spiro atoms. The number of fused-ring (bicyclic) bond motifs is 8. The third-order valence-electron chi connectivity index (χ3n) is 8.21. The van der Waals surface area contributed by atoms with Crippen LogP contribution in [0.2, 0.25) is 0 Å². The van der Waals surface area contributed by atoms with Crippen LogP contribution in [0.15, 0.2) is 148 Å². The van der Waals surface area contributed by atoms with Crippen molar-refractivity contribution in [2.45, 2.75) is 0 Å². The van der Waals surface area contributed by atoms with E-state index in [1.165, 1.54) is 5.56 Å². The Morgan fingerprint density at radius 1 is 0.439 bits per heavy atom. The van der Waals surface area contributed by atoms with Gasteiger partial charge in [0.15, 0.2) is 5.58 Å². The fraction of sp³-hybridized carbons (Fsp3) is 0. The Labute approximate surface area is 235 Å². The monoisotopic (exact) mass is 525 g/mol. The molecule has 0 bridgehead atoms. The summed E-state index contributed by atoms with van der Waals surface area (Å²) in [5, 5.41) is 4.45. The summed E-state index contributed by atoms with van der Waals surface area (Å²) in [6.07, 6.45) is 0. The second-order valence-electron chi connectivity index (χ2n) is 10.5. The lowest BCUT2D eigenvalue weighted by Crippen LogP contribution is -1.93. The molecule has 9 rings (SSSR count). The van der Waals surface area contributed by atoms with Crippen molar-refractivity contribution in [1.29, 1.82) is 0 Å². The van der Waals surface area contributed by atoms with Gasteiger partial charge in [0.05, 0.1) is 10.9 Å². The van der Waals surface area contributed by atoms with Gasteiger partial charge in [0.25, 0.3) is 0 Å². The van der Waals surface area contributed by atoms with Gasteiger partial charge in [-0.15, -0.1) is 0 Å². The first-order valence-corrected chi connectivity index (χ1v) is 13.9. The van der Waals surface area contributed by atoms with Gasteiger partial charge in [-0.05, 0) is 76.9 Å². The number of benzene rings is 6. The molecule has 3 aromatic heterocycles. The molecule has 3 heteroatoms. The SMILES string of the molecule is c1ccc(-c2ccc3c(c2)oc2cc(-c4cccc5oc6c7ccccc7n(-c7ccccc7)c6c45)ccc23)cc1. The summed E-state index contributed by atoms with van der Waals surface area (Å²) in [6.45, 7) is 0. The van der Waals surface area contributed by atoms with Gasteiger partial charge in [0.2, 0.25) is 0 Å². The highest BCUT2D eigenvalue weighted by atomic mass is 16.3. The molecule has 0 aliphatic rings. The van der Waals surface area contributed by atoms with Crippen LogP contribution in [-0.4, -0.2) is 4.57 Å². The highest BCUT2D eigenvalue weighted by molar-refractivity contribution is 6.20. The van der Waals surface area contributed by atoms with Crippen LogP contribution in [0, 0.1) is 0 Å². The minimum absolute atomic E-state index is 0.875. The standard InChI is InChI=1S/C38H23NO2/c1-3-10-24(11-4-1)25-18-20-29-30-21-19-26(23-35(30)40-34(29)22-25)28-15-9-17-33-36(28)37-38(41-33)31-14-7-8-16-32(31)39(37)27-12-5-2-6-13-27/h1-23H. The number of rotatable bonds is 3. The Morgan fingerprint density at radius 2 is 1.12 bits per heavy atom. The lowest BCUT2D eigenvalue weighted by atomic mass is 9.99. The number of hydrogen-bond acceptors (Lipinski definition) is 2. The first-order chi connectivity index (χ1) is 20.3. The van der Waals surface area contributed by atoms with Crippen molar-refractivity contribution in [3.05, 3.63) is 140 Å². The zero-order valence-electron chi connectivity index (χ0n) is 22.0. The molecule has 0 aliphatic carbocycles. The number of para-hydroxylation sites is 2. The first kappa shape index (κ1) is 22.3. The van der Waals surface area contributed by atoms with E-state index in [0.29, 0.717) is 0 Å². The number of furan rings is 2. The van der Waals surface area contributed by atoms with Crippen LogP contribution in [-0.2, 0) is 0 Å². The minimum atomic E-state index is 0.875. The average molecular weight is 526 g/mol. The predicted molar refractivity (Wildman–Crippen MR) is 169 cm³/mol. The first-order valence-electron chi connectivity index (χ1n) is 13.9. The van der Waals surface area contributed by atoms with E-state index in [1.54, 1.807) is 0 Å². The molecule has 0 atom stereocenters. The average Bonchev–Trinajstić information content (AvgIpc) is 3.69. The van der Waals surface area contributed by atoms with Crippen LogP contribution in [0.4, 0.5) is 0 Å². The summed E-state index contributed by atoms with van der Waals surface area (Å²) in [5.74, 6) is 0. The summed E-state index contributed by atoms with van der Waals surface area (Å²) in [6, 6.07) is 48.8. The molecule has 9 aromatic rings. The summed E-state index contributed by atoms with van der Waals surface area (Å²) < 4.78 is 15.4. The highest BCUT2D eigenvalue weighted by Gasteiger charge is 2.22. The summed E-state index contributed by atoms with van der Waals surface area (Å²) in [5.41, 5.74) is 11.4. The molecule has 0 unspecified atom stereocenters. The molecule has 0 radical (unpaired) electrons. The summed E-state index contributed by atoms with van der Waals surface area (Å²) >= 11 is 0. The number of nitrogens with zero attached hydrogens (tertiary/aromatic N) is 1. The second-order valence-corrected chi connectivity index (χ2v) is 10.5. The third-order valence-corrected chi connectivity index (χ3v) is 8.21. The number of hydrogen-bond donors (Lipinski definition) is 0. The third kappa shape index (κ3) is 3.26. The molecule has 0 aliphatic heterocycles. The molecular formula is C38H23NO2. The van der Waals surface area contributed by atoms with Gasteiger partial charge in [-0.3, -0.25) is 0 Å². The lowest BCUT2D eigenvalue weighted by Gasteiger charge is -2.09. The Morgan fingerprint density at radius 3 is 1.93 bits per heavy atom. The van der Waals surface area contributed by atoms with Crippen molar-refractivity contribution in [1.82, 2.24) is 4.57 Å². The molecule has 0 fully saturated rings. The predicted octanol–water partition coefficient (Wildman–Crippen LogP) is 10.8. The van der Waals surface area contributed by atoms with Crippen molar-refractivity contribution in [2.75, 3.05) is 0 Å². The van der Waals surface area contributed by atoms with Gasteiger partial charge in [0, 0.05) is 21.8 Å².